The molecule has 3 nitrogen and oxygen atoms in total. The van der Waals surface area contributed by atoms with Crippen LogP contribution in [0.25, 0.3) is 0 Å². The molecule has 0 saturated carbocycles. The van der Waals surface area contributed by atoms with Crippen LogP contribution in [0.15, 0.2) is 18.2 Å². The summed E-state index contributed by atoms with van der Waals surface area (Å²) in [4.78, 5) is 11.1. The normalized spacial score (nSPS) is 9.00. The highest BCUT2D eigenvalue weighted by Gasteiger charge is 2.11. The fourth-order valence-electron chi connectivity index (χ4n) is 1.01. The number of halogens is 1. The van der Waals surface area contributed by atoms with E-state index in [1.54, 1.807) is 0 Å². The summed E-state index contributed by atoms with van der Waals surface area (Å²) in [5.74, 6) is 3.56. The van der Waals surface area contributed by atoms with Crippen molar-refractivity contribution in [3.05, 3.63) is 35.1 Å². The molecule has 0 bridgehead atoms. The van der Waals surface area contributed by atoms with Crippen LogP contribution in [-0.4, -0.2) is 24.8 Å². The summed E-state index contributed by atoms with van der Waals surface area (Å²) < 4.78 is 17.5. The molecule has 1 rings (SSSR count). The Balaban J connectivity index is 3.10. The maximum atomic E-state index is 13.1. The van der Waals surface area contributed by atoms with Crippen molar-refractivity contribution in [2.75, 3.05) is 13.7 Å². The Labute approximate surface area is 86.5 Å². The molecule has 0 spiro atoms. The van der Waals surface area contributed by atoms with E-state index < -0.39 is 11.8 Å². The second kappa shape index (κ2) is 5.13. The fraction of sp³-hybridized carbons (Fsp3) is 0.182. The first-order valence-electron chi connectivity index (χ1n) is 4.16. The number of carbonyl (C=O) groups is 1. The van der Waals surface area contributed by atoms with E-state index in [9.17, 15) is 9.18 Å². The molecule has 0 heterocycles. The van der Waals surface area contributed by atoms with E-state index in [1.807, 2.05) is 0 Å². The number of esters is 1. The molecule has 15 heavy (non-hydrogen) atoms. The Bertz CT molecular complexity index is 429. The number of aliphatic hydroxyl groups excluding tert-OH is 1. The van der Waals surface area contributed by atoms with Gasteiger partial charge in [0.15, 0.2) is 0 Å². The minimum Gasteiger partial charge on any atom is -0.465 e. The molecular weight excluding hydrogens is 199 g/mol. The maximum absolute atomic E-state index is 13.1. The number of hydrogen-bond donors (Lipinski definition) is 1. The monoisotopic (exact) mass is 208 g/mol. The molecular formula is C11H9FO3. The smallest absolute Gasteiger partial charge is 0.340 e. The standard InChI is InChI=1S/C11H9FO3/c1-15-11(14)9-7-8(3-2-6-13)4-5-10(9)12/h4-5,7,13H,6H2,1H3. The molecule has 0 amide bonds. The quantitative estimate of drug-likeness (QED) is 0.552. The summed E-state index contributed by atoms with van der Waals surface area (Å²) in [6.07, 6.45) is 0. The van der Waals surface area contributed by atoms with Gasteiger partial charge in [0.25, 0.3) is 0 Å². The van der Waals surface area contributed by atoms with Crippen LogP contribution in [-0.2, 0) is 4.74 Å². The molecule has 1 aromatic rings. The van der Waals surface area contributed by atoms with Crippen molar-refractivity contribution in [1.82, 2.24) is 0 Å². The zero-order valence-electron chi connectivity index (χ0n) is 8.08. The second-order valence-corrected chi connectivity index (χ2v) is 2.65. The van der Waals surface area contributed by atoms with Gasteiger partial charge in [0.05, 0.1) is 12.7 Å². The fourth-order valence-corrected chi connectivity index (χ4v) is 1.01. The van der Waals surface area contributed by atoms with Crippen molar-refractivity contribution in [3.63, 3.8) is 0 Å². The number of rotatable bonds is 1. The molecule has 0 aliphatic carbocycles. The number of carbonyl (C=O) groups excluding carboxylic acids is 1. The van der Waals surface area contributed by atoms with Gasteiger partial charge < -0.3 is 9.84 Å². The molecule has 0 saturated heterocycles. The third kappa shape index (κ3) is 2.79. The van der Waals surface area contributed by atoms with Crippen LogP contribution in [0.5, 0.6) is 0 Å². The third-order valence-corrected chi connectivity index (χ3v) is 1.68. The summed E-state index contributed by atoms with van der Waals surface area (Å²) in [5.41, 5.74) is 0.285. The van der Waals surface area contributed by atoms with Crippen LogP contribution in [0, 0.1) is 17.7 Å². The molecule has 0 fully saturated rings. The zero-order valence-corrected chi connectivity index (χ0v) is 8.08. The largest absolute Gasteiger partial charge is 0.465 e. The third-order valence-electron chi connectivity index (χ3n) is 1.68. The topological polar surface area (TPSA) is 46.5 Å². The predicted molar refractivity (Wildman–Crippen MR) is 51.7 cm³/mol. The number of hydrogen-bond acceptors (Lipinski definition) is 3. The first-order chi connectivity index (χ1) is 7.19. The molecule has 1 N–H and O–H groups in total. The molecule has 0 unspecified atom stereocenters. The Hall–Kier alpha value is -1.86. The lowest BCUT2D eigenvalue weighted by molar-refractivity contribution is 0.0595. The summed E-state index contributed by atoms with van der Waals surface area (Å²) in [7, 11) is 1.17. The second-order valence-electron chi connectivity index (χ2n) is 2.65. The van der Waals surface area contributed by atoms with Crippen LogP contribution >= 0.6 is 0 Å². The Kier molecular flexibility index (Phi) is 3.83. The lowest BCUT2D eigenvalue weighted by Gasteiger charge is -2.01. The van der Waals surface area contributed by atoms with Gasteiger partial charge in [0.2, 0.25) is 0 Å². The highest BCUT2D eigenvalue weighted by atomic mass is 19.1. The van der Waals surface area contributed by atoms with Crippen molar-refractivity contribution in [3.8, 4) is 11.8 Å². The number of methoxy groups -OCH3 is 1. The predicted octanol–water partition coefficient (Wildman–Crippen LogP) is 0.956. The van der Waals surface area contributed by atoms with Gasteiger partial charge in [-0.2, -0.15) is 0 Å². The van der Waals surface area contributed by atoms with Crippen molar-refractivity contribution in [2.45, 2.75) is 0 Å². The molecule has 0 radical (unpaired) electrons. The number of aliphatic hydroxyl groups is 1. The molecule has 0 aliphatic heterocycles. The van der Waals surface area contributed by atoms with Gasteiger partial charge in [-0.1, -0.05) is 11.8 Å². The van der Waals surface area contributed by atoms with Crippen LogP contribution in [0.1, 0.15) is 15.9 Å². The zero-order chi connectivity index (χ0) is 11.3. The minimum absolute atomic E-state index is 0.165. The maximum Gasteiger partial charge on any atom is 0.340 e. The van der Waals surface area contributed by atoms with E-state index in [2.05, 4.69) is 16.6 Å². The Morgan fingerprint density at radius 2 is 2.33 bits per heavy atom. The van der Waals surface area contributed by atoms with Crippen molar-refractivity contribution in [2.24, 2.45) is 0 Å². The van der Waals surface area contributed by atoms with Gasteiger partial charge in [0, 0.05) is 5.56 Å². The average molecular weight is 208 g/mol. The van der Waals surface area contributed by atoms with E-state index >= 15 is 0 Å². The highest BCUT2D eigenvalue weighted by molar-refractivity contribution is 5.90. The Morgan fingerprint density at radius 1 is 1.60 bits per heavy atom. The van der Waals surface area contributed by atoms with E-state index in [-0.39, 0.29) is 12.2 Å². The van der Waals surface area contributed by atoms with Gasteiger partial charge in [-0.3, -0.25) is 0 Å². The number of ether oxygens (including phenoxy) is 1. The minimum atomic E-state index is -0.750. The van der Waals surface area contributed by atoms with Crippen molar-refractivity contribution >= 4 is 5.97 Å². The van der Waals surface area contributed by atoms with Crippen molar-refractivity contribution in [1.29, 1.82) is 0 Å². The lowest BCUT2D eigenvalue weighted by atomic mass is 10.1. The van der Waals surface area contributed by atoms with Gasteiger partial charge in [-0.25, -0.2) is 9.18 Å². The molecule has 0 aliphatic rings. The van der Waals surface area contributed by atoms with E-state index in [1.165, 1.54) is 19.2 Å². The molecule has 0 atom stereocenters. The summed E-state index contributed by atoms with van der Waals surface area (Å²) in [6, 6.07) is 3.84. The molecule has 78 valence electrons. The van der Waals surface area contributed by atoms with Crippen LogP contribution in [0.2, 0.25) is 0 Å². The van der Waals surface area contributed by atoms with Gasteiger partial charge >= 0.3 is 5.97 Å². The van der Waals surface area contributed by atoms with Crippen LogP contribution in [0.3, 0.4) is 0 Å². The number of benzene rings is 1. The van der Waals surface area contributed by atoms with Gasteiger partial charge in [0.1, 0.15) is 12.4 Å². The van der Waals surface area contributed by atoms with Gasteiger partial charge in [-0.15, -0.1) is 0 Å². The highest BCUT2D eigenvalue weighted by Crippen LogP contribution is 2.10. The van der Waals surface area contributed by atoms with E-state index in [0.29, 0.717) is 5.56 Å². The van der Waals surface area contributed by atoms with Crippen molar-refractivity contribution < 1.29 is 19.0 Å². The first-order valence-corrected chi connectivity index (χ1v) is 4.16. The molecule has 1 aromatic carbocycles. The first kappa shape index (κ1) is 11.2. The van der Waals surface area contributed by atoms with Crippen LogP contribution < -0.4 is 0 Å². The molecule has 4 heteroatoms. The summed E-state index contributed by atoms with van der Waals surface area (Å²) in [5, 5.41) is 8.47. The summed E-state index contributed by atoms with van der Waals surface area (Å²) >= 11 is 0. The van der Waals surface area contributed by atoms with E-state index in [4.69, 9.17) is 5.11 Å². The molecule has 0 aromatic heterocycles. The van der Waals surface area contributed by atoms with Crippen LogP contribution in [0.4, 0.5) is 4.39 Å². The summed E-state index contributed by atoms with van der Waals surface area (Å²) in [6.45, 7) is -0.287. The lowest BCUT2D eigenvalue weighted by Crippen LogP contribution is -2.04. The Morgan fingerprint density at radius 3 is 2.93 bits per heavy atom. The SMILES string of the molecule is COC(=O)c1cc(C#CCO)ccc1F. The average Bonchev–Trinajstić information content (AvgIpc) is 2.27. The van der Waals surface area contributed by atoms with Gasteiger partial charge in [-0.05, 0) is 18.2 Å². The van der Waals surface area contributed by atoms with E-state index in [0.717, 1.165) is 6.07 Å².